The maximum Gasteiger partial charge on any atom is 0.297 e. The minimum Gasteiger partial charge on any atom is -0.300 e. The molecule has 1 aromatic rings. The molecule has 1 atom stereocenters. The highest BCUT2D eigenvalue weighted by Crippen LogP contribution is 2.36. The summed E-state index contributed by atoms with van der Waals surface area (Å²) in [6.07, 6.45) is 0. The summed E-state index contributed by atoms with van der Waals surface area (Å²) in [5.74, 6) is 0. The lowest BCUT2D eigenvalue weighted by Crippen LogP contribution is -2.62. The molecule has 0 N–H and O–H groups in total. The predicted molar refractivity (Wildman–Crippen MR) is 74.5 cm³/mol. The van der Waals surface area contributed by atoms with Crippen LogP contribution >= 0.6 is 0 Å². The maximum absolute atomic E-state index is 12.1. The van der Waals surface area contributed by atoms with Gasteiger partial charge in [-0.05, 0) is 31.5 Å². The summed E-state index contributed by atoms with van der Waals surface area (Å²) in [6, 6.07) is 6.86. The Morgan fingerprint density at radius 3 is 2.37 bits per heavy atom. The molecule has 1 heterocycles. The molecule has 1 aliphatic rings. The fraction of sp³-hybridized carbons (Fsp3) is 0.571. The Kier molecular flexibility index (Phi) is 3.73. The van der Waals surface area contributed by atoms with Crippen LogP contribution in [-0.2, 0) is 14.3 Å². The second-order valence-corrected chi connectivity index (χ2v) is 7.59. The third-order valence-electron chi connectivity index (χ3n) is 3.78. The Morgan fingerprint density at radius 2 is 1.89 bits per heavy atom. The van der Waals surface area contributed by atoms with E-state index in [1.165, 1.54) is 0 Å². The van der Waals surface area contributed by atoms with Crippen molar-refractivity contribution in [3.8, 4) is 0 Å². The summed E-state index contributed by atoms with van der Waals surface area (Å²) in [4.78, 5) is 2.34. The van der Waals surface area contributed by atoms with E-state index in [9.17, 15) is 8.42 Å². The molecule has 19 heavy (non-hydrogen) atoms. The first-order chi connectivity index (χ1) is 8.72. The smallest absolute Gasteiger partial charge is 0.297 e. The van der Waals surface area contributed by atoms with Crippen molar-refractivity contribution < 1.29 is 12.6 Å². The standard InChI is InChI=1S/C14H21NO3S/c1-11-5-7-12(8-6-11)19(16,17)18-9-13-14(2,3)10-15(13)4/h5-8,13H,9-10H2,1-4H3. The van der Waals surface area contributed by atoms with Gasteiger partial charge in [-0.1, -0.05) is 31.5 Å². The Balaban J connectivity index is 2.04. The highest BCUT2D eigenvalue weighted by atomic mass is 32.2. The topological polar surface area (TPSA) is 46.6 Å². The summed E-state index contributed by atoms with van der Waals surface area (Å²) in [5.41, 5.74) is 1.14. The zero-order valence-electron chi connectivity index (χ0n) is 11.9. The van der Waals surface area contributed by atoms with E-state index >= 15 is 0 Å². The van der Waals surface area contributed by atoms with Crippen molar-refractivity contribution in [1.29, 1.82) is 0 Å². The largest absolute Gasteiger partial charge is 0.300 e. The van der Waals surface area contributed by atoms with Gasteiger partial charge in [0.1, 0.15) is 0 Å². The highest BCUT2D eigenvalue weighted by molar-refractivity contribution is 7.86. The SMILES string of the molecule is Cc1ccc(S(=O)(=O)OCC2N(C)CC2(C)C)cc1. The van der Waals surface area contributed by atoms with Gasteiger partial charge in [0.05, 0.1) is 11.5 Å². The van der Waals surface area contributed by atoms with E-state index in [0.29, 0.717) is 0 Å². The van der Waals surface area contributed by atoms with E-state index in [2.05, 4.69) is 18.7 Å². The number of hydrogen-bond donors (Lipinski definition) is 0. The molecule has 1 saturated heterocycles. The van der Waals surface area contributed by atoms with Gasteiger partial charge in [0, 0.05) is 12.6 Å². The first-order valence-electron chi connectivity index (χ1n) is 6.39. The van der Waals surface area contributed by atoms with Gasteiger partial charge in [-0.15, -0.1) is 0 Å². The molecule has 1 fully saturated rings. The molecular formula is C14H21NO3S. The first-order valence-corrected chi connectivity index (χ1v) is 7.79. The van der Waals surface area contributed by atoms with Crippen molar-refractivity contribution in [2.75, 3.05) is 20.2 Å². The zero-order valence-corrected chi connectivity index (χ0v) is 12.7. The number of nitrogens with zero attached hydrogens (tertiary/aromatic N) is 1. The summed E-state index contributed by atoms with van der Waals surface area (Å²) in [6.45, 7) is 7.34. The normalized spacial score (nSPS) is 23.1. The van der Waals surface area contributed by atoms with Crippen molar-refractivity contribution >= 4 is 10.1 Å². The quantitative estimate of drug-likeness (QED) is 0.793. The van der Waals surface area contributed by atoms with E-state index in [1.54, 1.807) is 24.3 Å². The van der Waals surface area contributed by atoms with Gasteiger partial charge in [-0.2, -0.15) is 8.42 Å². The molecule has 2 rings (SSSR count). The van der Waals surface area contributed by atoms with E-state index in [4.69, 9.17) is 4.18 Å². The molecule has 0 spiro atoms. The van der Waals surface area contributed by atoms with Crippen LogP contribution in [-0.4, -0.2) is 39.6 Å². The third-order valence-corrected chi connectivity index (χ3v) is 5.08. The molecule has 1 unspecified atom stereocenters. The Bertz CT molecular complexity index is 549. The second-order valence-electron chi connectivity index (χ2n) is 5.97. The molecule has 0 aliphatic carbocycles. The number of aryl methyl sites for hydroxylation is 1. The monoisotopic (exact) mass is 283 g/mol. The third kappa shape index (κ3) is 2.99. The fourth-order valence-corrected chi connectivity index (χ4v) is 3.54. The van der Waals surface area contributed by atoms with Gasteiger partial charge >= 0.3 is 0 Å². The summed E-state index contributed by atoms with van der Waals surface area (Å²) >= 11 is 0. The van der Waals surface area contributed by atoms with Crippen LogP contribution in [0.4, 0.5) is 0 Å². The molecule has 1 aromatic carbocycles. The molecular weight excluding hydrogens is 262 g/mol. The van der Waals surface area contributed by atoms with Crippen molar-refractivity contribution in [3.05, 3.63) is 29.8 Å². The predicted octanol–water partition coefficient (Wildman–Crippen LogP) is 2.04. The van der Waals surface area contributed by atoms with Crippen molar-refractivity contribution in [2.45, 2.75) is 31.7 Å². The Hall–Kier alpha value is -0.910. The van der Waals surface area contributed by atoms with Crippen LogP contribution in [0, 0.1) is 12.3 Å². The Morgan fingerprint density at radius 1 is 1.32 bits per heavy atom. The van der Waals surface area contributed by atoms with Gasteiger partial charge in [0.15, 0.2) is 0 Å². The van der Waals surface area contributed by atoms with E-state index in [1.807, 2.05) is 14.0 Å². The van der Waals surface area contributed by atoms with Crippen LogP contribution in [0.3, 0.4) is 0 Å². The van der Waals surface area contributed by atoms with Crippen molar-refractivity contribution in [2.24, 2.45) is 5.41 Å². The number of likely N-dealkylation sites (tertiary alicyclic amines) is 1. The average Bonchev–Trinajstić information content (AvgIpc) is 2.28. The molecule has 0 amide bonds. The molecule has 0 bridgehead atoms. The summed E-state index contributed by atoms with van der Waals surface area (Å²) < 4.78 is 29.3. The van der Waals surface area contributed by atoms with Crippen LogP contribution in [0.15, 0.2) is 29.2 Å². The molecule has 4 nitrogen and oxygen atoms in total. The van der Waals surface area contributed by atoms with Crippen LogP contribution in [0.1, 0.15) is 19.4 Å². The van der Waals surface area contributed by atoms with Gasteiger partial charge in [0.2, 0.25) is 0 Å². The molecule has 106 valence electrons. The van der Waals surface area contributed by atoms with E-state index in [0.717, 1.165) is 12.1 Å². The molecule has 0 aromatic heterocycles. The summed E-state index contributed by atoms with van der Waals surface area (Å²) in [7, 11) is -1.66. The van der Waals surface area contributed by atoms with Gasteiger partial charge in [0.25, 0.3) is 10.1 Å². The van der Waals surface area contributed by atoms with Crippen LogP contribution in [0.25, 0.3) is 0 Å². The van der Waals surface area contributed by atoms with Crippen molar-refractivity contribution in [1.82, 2.24) is 4.90 Å². The van der Waals surface area contributed by atoms with Gasteiger partial charge in [-0.3, -0.25) is 9.08 Å². The molecule has 5 heteroatoms. The minimum absolute atomic E-state index is 0.109. The molecule has 1 aliphatic heterocycles. The number of benzene rings is 1. The van der Waals surface area contributed by atoms with Crippen LogP contribution in [0.5, 0.6) is 0 Å². The first kappa shape index (κ1) is 14.5. The fourth-order valence-electron chi connectivity index (χ4n) is 2.62. The zero-order chi connectivity index (χ0) is 14.3. The van der Waals surface area contributed by atoms with Gasteiger partial charge < -0.3 is 0 Å². The second kappa shape index (κ2) is 4.89. The number of hydrogen-bond acceptors (Lipinski definition) is 4. The van der Waals surface area contributed by atoms with Crippen molar-refractivity contribution in [3.63, 3.8) is 0 Å². The van der Waals surface area contributed by atoms with Crippen LogP contribution < -0.4 is 0 Å². The highest BCUT2D eigenvalue weighted by Gasteiger charge is 2.44. The lowest BCUT2D eigenvalue weighted by atomic mass is 9.76. The lowest BCUT2D eigenvalue weighted by Gasteiger charge is -2.52. The molecule has 0 saturated carbocycles. The Labute approximate surface area is 115 Å². The number of likely N-dealkylation sites (N-methyl/N-ethyl adjacent to an activating group) is 1. The minimum atomic E-state index is -3.65. The summed E-state index contributed by atoms with van der Waals surface area (Å²) in [5, 5.41) is 0. The van der Waals surface area contributed by atoms with E-state index < -0.39 is 10.1 Å². The maximum atomic E-state index is 12.1. The lowest BCUT2D eigenvalue weighted by molar-refractivity contribution is -0.0509. The van der Waals surface area contributed by atoms with Gasteiger partial charge in [-0.25, -0.2) is 0 Å². The van der Waals surface area contributed by atoms with E-state index in [-0.39, 0.29) is 23.0 Å². The average molecular weight is 283 g/mol. The van der Waals surface area contributed by atoms with Crippen LogP contribution in [0.2, 0.25) is 0 Å². The molecule has 0 radical (unpaired) electrons. The number of rotatable bonds is 4.